The SMILES string of the molecule is CCC(C)CSCCCC(=O)Nc1ccc(F)c(N)c1. The lowest BCUT2D eigenvalue weighted by atomic mass is 10.2. The van der Waals surface area contributed by atoms with E-state index in [1.165, 1.54) is 24.6 Å². The van der Waals surface area contributed by atoms with E-state index in [9.17, 15) is 9.18 Å². The van der Waals surface area contributed by atoms with E-state index in [2.05, 4.69) is 19.2 Å². The van der Waals surface area contributed by atoms with Crippen molar-refractivity contribution >= 4 is 29.0 Å². The molecule has 1 aromatic rings. The molecule has 0 aliphatic heterocycles. The van der Waals surface area contributed by atoms with Crippen molar-refractivity contribution in [3.8, 4) is 0 Å². The Morgan fingerprint density at radius 2 is 2.25 bits per heavy atom. The second-order valence-corrected chi connectivity index (χ2v) is 6.13. The lowest BCUT2D eigenvalue weighted by molar-refractivity contribution is -0.116. The molecule has 0 saturated heterocycles. The minimum absolute atomic E-state index is 0.0481. The Hall–Kier alpha value is -1.23. The van der Waals surface area contributed by atoms with Crippen molar-refractivity contribution in [1.29, 1.82) is 0 Å². The molecule has 0 radical (unpaired) electrons. The van der Waals surface area contributed by atoms with Crippen LogP contribution in [0.25, 0.3) is 0 Å². The molecule has 3 nitrogen and oxygen atoms in total. The normalized spacial score (nSPS) is 12.2. The monoisotopic (exact) mass is 298 g/mol. The second-order valence-electron chi connectivity index (χ2n) is 4.98. The van der Waals surface area contributed by atoms with Gasteiger partial charge in [0, 0.05) is 12.1 Å². The van der Waals surface area contributed by atoms with Gasteiger partial charge in [-0.05, 0) is 42.0 Å². The Labute approximate surface area is 124 Å². The molecule has 1 amide bonds. The summed E-state index contributed by atoms with van der Waals surface area (Å²) in [6.45, 7) is 4.42. The standard InChI is InChI=1S/C15H23FN2OS/c1-3-11(2)10-20-8-4-5-15(19)18-12-6-7-13(16)14(17)9-12/h6-7,9,11H,3-5,8,10,17H2,1-2H3,(H,18,19). The molecule has 1 aromatic carbocycles. The Bertz CT molecular complexity index is 440. The average Bonchev–Trinajstić information content (AvgIpc) is 2.42. The molecule has 5 heteroatoms. The maximum Gasteiger partial charge on any atom is 0.224 e. The second kappa shape index (κ2) is 8.84. The van der Waals surface area contributed by atoms with Gasteiger partial charge in [-0.1, -0.05) is 20.3 Å². The molecule has 0 spiro atoms. The summed E-state index contributed by atoms with van der Waals surface area (Å²) in [7, 11) is 0. The van der Waals surface area contributed by atoms with E-state index in [1.54, 1.807) is 0 Å². The first kappa shape index (κ1) is 16.8. The van der Waals surface area contributed by atoms with Crippen LogP contribution in [0.4, 0.5) is 15.8 Å². The Morgan fingerprint density at radius 1 is 1.50 bits per heavy atom. The van der Waals surface area contributed by atoms with Gasteiger partial charge in [0.2, 0.25) is 5.91 Å². The Kier molecular flexibility index (Phi) is 7.44. The number of hydrogen-bond donors (Lipinski definition) is 2. The molecular weight excluding hydrogens is 275 g/mol. The third-order valence-corrected chi connectivity index (χ3v) is 4.45. The fraction of sp³-hybridized carbons (Fsp3) is 0.533. The summed E-state index contributed by atoms with van der Waals surface area (Å²) in [5.74, 6) is 2.34. The van der Waals surface area contributed by atoms with E-state index in [-0.39, 0.29) is 11.6 Å². The van der Waals surface area contributed by atoms with Gasteiger partial charge in [-0.25, -0.2) is 4.39 Å². The maximum absolute atomic E-state index is 13.0. The summed E-state index contributed by atoms with van der Waals surface area (Å²) in [5, 5.41) is 2.73. The summed E-state index contributed by atoms with van der Waals surface area (Å²) in [6, 6.07) is 4.21. The number of halogens is 1. The van der Waals surface area contributed by atoms with Gasteiger partial charge in [-0.3, -0.25) is 4.79 Å². The van der Waals surface area contributed by atoms with Crippen molar-refractivity contribution in [2.24, 2.45) is 5.92 Å². The summed E-state index contributed by atoms with van der Waals surface area (Å²) in [4.78, 5) is 11.7. The maximum atomic E-state index is 13.0. The van der Waals surface area contributed by atoms with Gasteiger partial charge in [-0.2, -0.15) is 11.8 Å². The highest BCUT2D eigenvalue weighted by Gasteiger charge is 2.05. The van der Waals surface area contributed by atoms with E-state index < -0.39 is 5.82 Å². The highest BCUT2D eigenvalue weighted by Crippen LogP contribution is 2.17. The van der Waals surface area contributed by atoms with E-state index in [0.717, 1.165) is 23.8 Å². The quantitative estimate of drug-likeness (QED) is 0.565. The van der Waals surface area contributed by atoms with Crippen LogP contribution in [-0.2, 0) is 4.79 Å². The summed E-state index contributed by atoms with van der Waals surface area (Å²) in [6.07, 6.45) is 2.52. The Morgan fingerprint density at radius 3 is 2.90 bits per heavy atom. The van der Waals surface area contributed by atoms with Crippen LogP contribution in [0.2, 0.25) is 0 Å². The molecule has 0 heterocycles. The van der Waals surface area contributed by atoms with Gasteiger partial charge >= 0.3 is 0 Å². The molecule has 1 atom stereocenters. The topological polar surface area (TPSA) is 55.1 Å². The minimum Gasteiger partial charge on any atom is -0.396 e. The van der Waals surface area contributed by atoms with Crippen LogP contribution in [-0.4, -0.2) is 17.4 Å². The number of hydrogen-bond acceptors (Lipinski definition) is 3. The number of nitrogen functional groups attached to an aromatic ring is 1. The third-order valence-electron chi connectivity index (χ3n) is 3.07. The molecule has 0 saturated carbocycles. The number of carbonyl (C=O) groups excluding carboxylic acids is 1. The van der Waals surface area contributed by atoms with Gasteiger partial charge in [0.15, 0.2) is 0 Å². The van der Waals surface area contributed by atoms with Crippen molar-refractivity contribution in [3.05, 3.63) is 24.0 Å². The fourth-order valence-corrected chi connectivity index (χ4v) is 2.74. The van der Waals surface area contributed by atoms with Crippen LogP contribution in [0.3, 0.4) is 0 Å². The van der Waals surface area contributed by atoms with Crippen LogP contribution in [0.5, 0.6) is 0 Å². The lowest BCUT2D eigenvalue weighted by Crippen LogP contribution is -2.12. The van der Waals surface area contributed by atoms with Crippen molar-refractivity contribution < 1.29 is 9.18 Å². The summed E-state index contributed by atoms with van der Waals surface area (Å²) in [5.41, 5.74) is 6.04. The molecule has 3 N–H and O–H groups in total. The predicted octanol–water partition coefficient (Wildman–Crippen LogP) is 3.91. The largest absolute Gasteiger partial charge is 0.396 e. The smallest absolute Gasteiger partial charge is 0.224 e. The number of benzene rings is 1. The highest BCUT2D eigenvalue weighted by molar-refractivity contribution is 7.99. The highest BCUT2D eigenvalue weighted by atomic mass is 32.2. The number of amides is 1. The van der Waals surface area contributed by atoms with Crippen molar-refractivity contribution in [1.82, 2.24) is 0 Å². The van der Waals surface area contributed by atoms with E-state index in [4.69, 9.17) is 5.73 Å². The molecule has 0 aromatic heterocycles. The zero-order valence-corrected chi connectivity index (χ0v) is 12.9. The first-order valence-corrected chi connectivity index (χ1v) is 8.11. The zero-order valence-electron chi connectivity index (χ0n) is 12.1. The first-order chi connectivity index (χ1) is 9.52. The van der Waals surface area contributed by atoms with E-state index in [1.807, 2.05) is 11.8 Å². The Balaban J connectivity index is 2.21. The van der Waals surface area contributed by atoms with Crippen LogP contribution in [0.1, 0.15) is 33.1 Å². The molecule has 0 aliphatic rings. The number of rotatable bonds is 8. The molecule has 0 bridgehead atoms. The van der Waals surface area contributed by atoms with Gasteiger partial charge in [-0.15, -0.1) is 0 Å². The minimum atomic E-state index is -0.468. The van der Waals surface area contributed by atoms with Crippen LogP contribution >= 0.6 is 11.8 Å². The number of thioether (sulfide) groups is 1. The molecule has 0 aliphatic carbocycles. The number of carbonyl (C=O) groups is 1. The zero-order chi connectivity index (χ0) is 15.0. The number of anilines is 2. The molecule has 0 fully saturated rings. The van der Waals surface area contributed by atoms with E-state index >= 15 is 0 Å². The predicted molar refractivity (Wildman–Crippen MR) is 85.5 cm³/mol. The molecule has 1 unspecified atom stereocenters. The van der Waals surface area contributed by atoms with Crippen LogP contribution in [0, 0.1) is 11.7 Å². The van der Waals surface area contributed by atoms with Gasteiger partial charge in [0.05, 0.1) is 5.69 Å². The number of nitrogens with two attached hydrogens (primary N) is 1. The summed E-state index contributed by atoms with van der Waals surface area (Å²) >= 11 is 1.89. The third kappa shape index (κ3) is 6.28. The lowest BCUT2D eigenvalue weighted by Gasteiger charge is -2.08. The van der Waals surface area contributed by atoms with Gasteiger partial charge < -0.3 is 11.1 Å². The van der Waals surface area contributed by atoms with E-state index in [0.29, 0.717) is 12.1 Å². The summed E-state index contributed by atoms with van der Waals surface area (Å²) < 4.78 is 13.0. The van der Waals surface area contributed by atoms with Gasteiger partial charge in [0.1, 0.15) is 5.82 Å². The molecule has 1 rings (SSSR count). The average molecular weight is 298 g/mol. The van der Waals surface area contributed by atoms with Crippen molar-refractivity contribution in [2.75, 3.05) is 22.6 Å². The van der Waals surface area contributed by atoms with Crippen LogP contribution in [0.15, 0.2) is 18.2 Å². The molecule has 20 heavy (non-hydrogen) atoms. The van der Waals surface area contributed by atoms with Gasteiger partial charge in [0.25, 0.3) is 0 Å². The van der Waals surface area contributed by atoms with Crippen LogP contribution < -0.4 is 11.1 Å². The fourth-order valence-electron chi connectivity index (χ4n) is 1.58. The molecular formula is C15H23FN2OS. The van der Waals surface area contributed by atoms with Crippen molar-refractivity contribution in [3.63, 3.8) is 0 Å². The van der Waals surface area contributed by atoms with Crippen molar-refractivity contribution in [2.45, 2.75) is 33.1 Å². The number of nitrogens with one attached hydrogen (secondary N) is 1. The molecule has 112 valence electrons. The first-order valence-electron chi connectivity index (χ1n) is 6.95.